The van der Waals surface area contributed by atoms with E-state index in [-0.39, 0.29) is 0 Å². The number of pyridine rings is 1. The van der Waals surface area contributed by atoms with E-state index in [2.05, 4.69) is 26.8 Å². The van der Waals surface area contributed by atoms with Crippen LogP contribution in [0.1, 0.15) is 19.7 Å². The summed E-state index contributed by atoms with van der Waals surface area (Å²) >= 11 is 0. The lowest BCUT2D eigenvalue weighted by atomic mass is 10.4. The zero-order chi connectivity index (χ0) is 12.8. The SMILES string of the molecule is CCOc1ccc(NCc2nccn2CC)cn1. The molecule has 2 heterocycles. The fraction of sp³-hybridized carbons (Fsp3) is 0.385. The molecular formula is C13H18N4O. The van der Waals surface area contributed by atoms with E-state index < -0.39 is 0 Å². The monoisotopic (exact) mass is 246 g/mol. The minimum Gasteiger partial charge on any atom is -0.478 e. The van der Waals surface area contributed by atoms with E-state index in [1.54, 1.807) is 6.20 Å². The van der Waals surface area contributed by atoms with E-state index in [0.29, 0.717) is 19.0 Å². The van der Waals surface area contributed by atoms with Crippen LogP contribution >= 0.6 is 0 Å². The van der Waals surface area contributed by atoms with Gasteiger partial charge in [0, 0.05) is 25.0 Å². The van der Waals surface area contributed by atoms with Crippen LogP contribution in [-0.2, 0) is 13.1 Å². The third-order valence-corrected chi connectivity index (χ3v) is 2.62. The highest BCUT2D eigenvalue weighted by Gasteiger charge is 2.01. The van der Waals surface area contributed by atoms with Crippen LogP contribution in [0.5, 0.6) is 5.88 Å². The number of ether oxygens (including phenoxy) is 1. The summed E-state index contributed by atoms with van der Waals surface area (Å²) in [4.78, 5) is 8.50. The van der Waals surface area contributed by atoms with Gasteiger partial charge in [0.05, 0.1) is 25.0 Å². The van der Waals surface area contributed by atoms with Crippen molar-refractivity contribution < 1.29 is 4.74 Å². The van der Waals surface area contributed by atoms with Gasteiger partial charge in [-0.25, -0.2) is 9.97 Å². The summed E-state index contributed by atoms with van der Waals surface area (Å²) in [5.41, 5.74) is 0.962. The van der Waals surface area contributed by atoms with Gasteiger partial charge in [-0.2, -0.15) is 0 Å². The molecule has 0 aliphatic heterocycles. The number of anilines is 1. The maximum Gasteiger partial charge on any atom is 0.213 e. The number of hydrogen-bond donors (Lipinski definition) is 1. The van der Waals surface area contributed by atoms with Crippen molar-refractivity contribution >= 4 is 5.69 Å². The highest BCUT2D eigenvalue weighted by Crippen LogP contribution is 2.12. The second-order valence-corrected chi connectivity index (χ2v) is 3.80. The van der Waals surface area contributed by atoms with Gasteiger partial charge in [-0.15, -0.1) is 0 Å². The fourth-order valence-corrected chi connectivity index (χ4v) is 1.69. The van der Waals surface area contributed by atoms with Gasteiger partial charge in [0.1, 0.15) is 5.82 Å². The lowest BCUT2D eigenvalue weighted by Crippen LogP contribution is -2.07. The van der Waals surface area contributed by atoms with Crippen LogP contribution in [0.25, 0.3) is 0 Å². The first-order valence-corrected chi connectivity index (χ1v) is 6.16. The van der Waals surface area contributed by atoms with E-state index in [1.165, 1.54) is 0 Å². The molecular weight excluding hydrogens is 228 g/mol. The predicted octanol–water partition coefficient (Wildman–Crippen LogP) is 2.31. The van der Waals surface area contributed by atoms with Crippen LogP contribution in [0.4, 0.5) is 5.69 Å². The van der Waals surface area contributed by atoms with Gasteiger partial charge < -0.3 is 14.6 Å². The molecule has 0 atom stereocenters. The molecule has 2 rings (SSSR count). The molecule has 0 spiro atoms. The lowest BCUT2D eigenvalue weighted by Gasteiger charge is -2.08. The second kappa shape index (κ2) is 6.05. The van der Waals surface area contributed by atoms with Gasteiger partial charge in [-0.1, -0.05) is 0 Å². The zero-order valence-electron chi connectivity index (χ0n) is 10.8. The molecule has 0 unspecified atom stereocenters. The van der Waals surface area contributed by atoms with E-state index in [1.807, 2.05) is 31.5 Å². The van der Waals surface area contributed by atoms with E-state index in [9.17, 15) is 0 Å². The Bertz CT molecular complexity index is 478. The third-order valence-electron chi connectivity index (χ3n) is 2.62. The maximum atomic E-state index is 5.29. The van der Waals surface area contributed by atoms with Crippen molar-refractivity contribution in [2.24, 2.45) is 0 Å². The largest absolute Gasteiger partial charge is 0.478 e. The van der Waals surface area contributed by atoms with Crippen LogP contribution in [0.2, 0.25) is 0 Å². The molecule has 5 heteroatoms. The van der Waals surface area contributed by atoms with Crippen molar-refractivity contribution in [3.05, 3.63) is 36.5 Å². The molecule has 18 heavy (non-hydrogen) atoms. The Labute approximate surface area is 107 Å². The molecule has 0 fully saturated rings. The summed E-state index contributed by atoms with van der Waals surface area (Å²) in [6.45, 7) is 6.30. The van der Waals surface area contributed by atoms with Crippen molar-refractivity contribution in [2.45, 2.75) is 26.9 Å². The molecule has 2 aromatic heterocycles. The zero-order valence-corrected chi connectivity index (χ0v) is 10.8. The quantitative estimate of drug-likeness (QED) is 0.849. The fourth-order valence-electron chi connectivity index (χ4n) is 1.69. The molecule has 1 N–H and O–H groups in total. The molecule has 0 aromatic carbocycles. The van der Waals surface area contributed by atoms with E-state index in [4.69, 9.17) is 4.74 Å². The molecule has 0 bridgehead atoms. The number of nitrogens with zero attached hydrogens (tertiary/aromatic N) is 3. The number of aryl methyl sites for hydroxylation is 1. The number of aromatic nitrogens is 3. The predicted molar refractivity (Wildman–Crippen MR) is 70.6 cm³/mol. The van der Waals surface area contributed by atoms with Gasteiger partial charge in [0.15, 0.2) is 0 Å². The normalized spacial score (nSPS) is 10.3. The molecule has 0 radical (unpaired) electrons. The Balaban J connectivity index is 1.94. The second-order valence-electron chi connectivity index (χ2n) is 3.80. The summed E-state index contributed by atoms with van der Waals surface area (Å²) in [6, 6.07) is 3.81. The molecule has 5 nitrogen and oxygen atoms in total. The topological polar surface area (TPSA) is 52.0 Å². The molecule has 96 valence electrons. The summed E-state index contributed by atoms with van der Waals surface area (Å²) in [6.07, 6.45) is 5.56. The van der Waals surface area contributed by atoms with Crippen LogP contribution in [0, 0.1) is 0 Å². The minimum atomic E-state index is 0.633. The van der Waals surface area contributed by atoms with Crippen molar-refractivity contribution in [3.63, 3.8) is 0 Å². The highest BCUT2D eigenvalue weighted by molar-refractivity contribution is 5.42. The number of rotatable bonds is 6. The van der Waals surface area contributed by atoms with Gasteiger partial charge in [0.2, 0.25) is 5.88 Å². The highest BCUT2D eigenvalue weighted by atomic mass is 16.5. The number of imidazole rings is 1. The molecule has 2 aromatic rings. The number of hydrogen-bond acceptors (Lipinski definition) is 4. The Morgan fingerprint density at radius 1 is 1.28 bits per heavy atom. The summed E-state index contributed by atoms with van der Waals surface area (Å²) in [5.74, 6) is 1.67. The lowest BCUT2D eigenvalue weighted by molar-refractivity contribution is 0.327. The average Bonchev–Trinajstić information content (AvgIpc) is 2.86. The Hall–Kier alpha value is -2.04. The van der Waals surface area contributed by atoms with E-state index in [0.717, 1.165) is 18.1 Å². The Morgan fingerprint density at radius 2 is 2.17 bits per heavy atom. The van der Waals surface area contributed by atoms with Gasteiger partial charge in [0.25, 0.3) is 0 Å². The van der Waals surface area contributed by atoms with Crippen LogP contribution in [0.15, 0.2) is 30.7 Å². The smallest absolute Gasteiger partial charge is 0.213 e. The molecule has 0 aliphatic rings. The average molecular weight is 246 g/mol. The third kappa shape index (κ3) is 3.00. The van der Waals surface area contributed by atoms with Crippen LogP contribution < -0.4 is 10.1 Å². The van der Waals surface area contributed by atoms with Crippen molar-refractivity contribution in [1.29, 1.82) is 0 Å². The number of nitrogens with one attached hydrogen (secondary N) is 1. The summed E-state index contributed by atoms with van der Waals surface area (Å²) in [5, 5.41) is 3.29. The molecule has 0 saturated carbocycles. The van der Waals surface area contributed by atoms with Crippen molar-refractivity contribution in [3.8, 4) is 5.88 Å². The minimum absolute atomic E-state index is 0.633. The maximum absolute atomic E-state index is 5.29. The van der Waals surface area contributed by atoms with Crippen molar-refractivity contribution in [2.75, 3.05) is 11.9 Å². The van der Waals surface area contributed by atoms with E-state index >= 15 is 0 Å². The van der Waals surface area contributed by atoms with Gasteiger partial charge >= 0.3 is 0 Å². The summed E-state index contributed by atoms with van der Waals surface area (Å²) < 4.78 is 7.40. The Morgan fingerprint density at radius 3 is 2.83 bits per heavy atom. The standard InChI is InChI=1S/C13H18N4O/c1-3-17-8-7-14-12(17)10-15-11-5-6-13(16-9-11)18-4-2/h5-9,15H,3-4,10H2,1-2H3. The first-order chi connectivity index (χ1) is 8.83. The van der Waals surface area contributed by atoms with Crippen LogP contribution in [0.3, 0.4) is 0 Å². The van der Waals surface area contributed by atoms with Crippen molar-refractivity contribution in [1.82, 2.24) is 14.5 Å². The first-order valence-electron chi connectivity index (χ1n) is 6.16. The van der Waals surface area contributed by atoms with Crippen LogP contribution in [-0.4, -0.2) is 21.1 Å². The van der Waals surface area contributed by atoms with Gasteiger partial charge in [-0.05, 0) is 19.9 Å². The Kier molecular flexibility index (Phi) is 4.17. The van der Waals surface area contributed by atoms with Gasteiger partial charge in [-0.3, -0.25) is 0 Å². The molecule has 0 saturated heterocycles. The molecule has 0 amide bonds. The first kappa shape index (κ1) is 12.4. The molecule has 0 aliphatic carbocycles. The summed E-state index contributed by atoms with van der Waals surface area (Å²) in [7, 11) is 0.